The Morgan fingerprint density at radius 3 is 2.39 bits per heavy atom. The summed E-state index contributed by atoms with van der Waals surface area (Å²) in [5.41, 5.74) is -0.316. The first-order valence-corrected chi connectivity index (χ1v) is 8.38. The van der Waals surface area contributed by atoms with Gasteiger partial charge in [-0.3, -0.25) is 4.79 Å². The molecule has 0 spiro atoms. The quantitative estimate of drug-likeness (QED) is 0.638. The van der Waals surface area contributed by atoms with Gasteiger partial charge in [0.25, 0.3) is 0 Å². The highest BCUT2D eigenvalue weighted by molar-refractivity contribution is 7.91. The molecular weight excluding hydrogens is 252 g/mol. The van der Waals surface area contributed by atoms with E-state index in [9.17, 15) is 13.2 Å². The van der Waals surface area contributed by atoms with Crippen LogP contribution in [0.5, 0.6) is 0 Å². The monoisotopic (exact) mass is 276 g/mol. The van der Waals surface area contributed by atoms with Crippen LogP contribution in [0.15, 0.2) is 0 Å². The van der Waals surface area contributed by atoms with Gasteiger partial charge in [0.15, 0.2) is 9.84 Å². The van der Waals surface area contributed by atoms with Crippen molar-refractivity contribution in [2.45, 2.75) is 46.0 Å². The largest absolute Gasteiger partial charge is 0.469 e. The van der Waals surface area contributed by atoms with Gasteiger partial charge in [-0.2, -0.15) is 0 Å². The first-order chi connectivity index (χ1) is 8.29. The summed E-state index contributed by atoms with van der Waals surface area (Å²) in [7, 11) is -1.69. The summed E-state index contributed by atoms with van der Waals surface area (Å²) < 4.78 is 28.6. The van der Waals surface area contributed by atoms with Gasteiger partial charge in [0.1, 0.15) is 0 Å². The topological polar surface area (TPSA) is 60.4 Å². The minimum Gasteiger partial charge on any atom is -0.469 e. The molecule has 106 valence electrons. The molecule has 0 aliphatic heterocycles. The fraction of sp³-hybridized carbons (Fsp3) is 0.923. The number of rotatable bonds is 8. The van der Waals surface area contributed by atoms with Crippen molar-refractivity contribution < 1.29 is 17.9 Å². The first-order valence-electron chi connectivity index (χ1n) is 6.56. The van der Waals surface area contributed by atoms with Crippen LogP contribution in [0.4, 0.5) is 0 Å². The predicted octanol–water partition coefficient (Wildman–Crippen LogP) is 2.18. The number of carbonyl (C=O) groups excluding carboxylic acids is 1. The number of hydrogen-bond donors (Lipinski definition) is 0. The van der Waals surface area contributed by atoms with E-state index in [0.29, 0.717) is 12.3 Å². The third-order valence-corrected chi connectivity index (χ3v) is 5.43. The summed E-state index contributed by atoms with van der Waals surface area (Å²) in [6, 6.07) is 0. The second-order valence-corrected chi connectivity index (χ2v) is 8.07. The Morgan fingerprint density at radius 2 is 1.94 bits per heavy atom. The third-order valence-electron chi connectivity index (χ3n) is 3.47. The van der Waals surface area contributed by atoms with Crippen molar-refractivity contribution in [2.24, 2.45) is 11.3 Å². The van der Waals surface area contributed by atoms with E-state index in [0.717, 1.165) is 19.3 Å². The number of sulfone groups is 1. The molecule has 0 saturated heterocycles. The Morgan fingerprint density at radius 1 is 1.33 bits per heavy atom. The van der Waals surface area contributed by atoms with E-state index in [1.54, 1.807) is 0 Å². The van der Waals surface area contributed by atoms with Gasteiger partial charge in [-0.15, -0.1) is 0 Å². The van der Waals surface area contributed by atoms with Gasteiger partial charge < -0.3 is 4.74 Å². The van der Waals surface area contributed by atoms with Crippen molar-refractivity contribution in [3.05, 3.63) is 0 Å². The van der Waals surface area contributed by atoms with Crippen molar-refractivity contribution in [3.63, 3.8) is 0 Å². The lowest BCUT2D eigenvalue weighted by Gasteiger charge is -2.14. The molecular formula is C13H24O4S. The predicted molar refractivity (Wildman–Crippen MR) is 71.0 cm³/mol. The summed E-state index contributed by atoms with van der Waals surface area (Å²) in [6.45, 7) is 4.18. The summed E-state index contributed by atoms with van der Waals surface area (Å²) in [4.78, 5) is 11.2. The lowest BCUT2D eigenvalue weighted by molar-refractivity contribution is -0.141. The van der Waals surface area contributed by atoms with Gasteiger partial charge in [0, 0.05) is 0 Å². The molecule has 1 aliphatic carbocycles. The molecule has 0 aromatic carbocycles. The van der Waals surface area contributed by atoms with E-state index in [2.05, 4.69) is 18.6 Å². The molecule has 4 nitrogen and oxygen atoms in total. The van der Waals surface area contributed by atoms with Crippen LogP contribution in [0.1, 0.15) is 46.0 Å². The van der Waals surface area contributed by atoms with Gasteiger partial charge in [-0.25, -0.2) is 8.42 Å². The Kier molecular flexibility index (Phi) is 5.20. The molecule has 0 atom stereocenters. The van der Waals surface area contributed by atoms with Gasteiger partial charge >= 0.3 is 5.97 Å². The standard InChI is InChI=1S/C13H24O4S/c1-11(2)5-4-8-18(15,16)10-13(6-7-13)9-12(14)17-3/h11H,4-10H2,1-3H3. The van der Waals surface area contributed by atoms with Crippen LogP contribution in [0.2, 0.25) is 0 Å². The fourth-order valence-electron chi connectivity index (χ4n) is 2.18. The SMILES string of the molecule is COC(=O)CC1(CS(=O)(=O)CCCC(C)C)CC1. The number of esters is 1. The molecule has 1 aliphatic rings. The van der Waals surface area contributed by atoms with Crippen LogP contribution in [0, 0.1) is 11.3 Å². The van der Waals surface area contributed by atoms with E-state index >= 15 is 0 Å². The molecule has 0 bridgehead atoms. The van der Waals surface area contributed by atoms with Gasteiger partial charge in [0.05, 0.1) is 25.0 Å². The average Bonchev–Trinajstić information content (AvgIpc) is 2.95. The zero-order valence-corrected chi connectivity index (χ0v) is 12.4. The normalized spacial score (nSPS) is 17.8. The van der Waals surface area contributed by atoms with Crippen LogP contribution in [0.25, 0.3) is 0 Å². The highest BCUT2D eigenvalue weighted by Crippen LogP contribution is 2.50. The number of methoxy groups -OCH3 is 1. The maximum atomic E-state index is 12.0. The van der Waals surface area contributed by atoms with E-state index in [1.807, 2.05) is 0 Å². The Balaban J connectivity index is 2.43. The van der Waals surface area contributed by atoms with Crippen LogP contribution < -0.4 is 0 Å². The maximum Gasteiger partial charge on any atom is 0.306 e. The second-order valence-electron chi connectivity index (χ2n) is 5.88. The van der Waals surface area contributed by atoms with Crippen molar-refractivity contribution in [3.8, 4) is 0 Å². The highest BCUT2D eigenvalue weighted by atomic mass is 32.2. The third kappa shape index (κ3) is 5.38. The molecule has 1 fully saturated rings. The molecule has 0 heterocycles. The van der Waals surface area contributed by atoms with Crippen molar-refractivity contribution in [1.82, 2.24) is 0 Å². The fourth-order valence-corrected chi connectivity index (χ4v) is 4.25. The van der Waals surface area contributed by atoms with Crippen LogP contribution in [0.3, 0.4) is 0 Å². The number of hydrogen-bond acceptors (Lipinski definition) is 4. The zero-order valence-electron chi connectivity index (χ0n) is 11.6. The van der Waals surface area contributed by atoms with Crippen molar-refractivity contribution in [2.75, 3.05) is 18.6 Å². The average molecular weight is 276 g/mol. The molecule has 0 aromatic rings. The molecule has 0 amide bonds. The first kappa shape index (κ1) is 15.5. The van der Waals surface area contributed by atoms with E-state index < -0.39 is 9.84 Å². The smallest absolute Gasteiger partial charge is 0.306 e. The molecule has 18 heavy (non-hydrogen) atoms. The lowest BCUT2D eigenvalue weighted by Crippen LogP contribution is -2.23. The van der Waals surface area contributed by atoms with E-state index in [4.69, 9.17) is 0 Å². The molecule has 1 rings (SSSR count). The van der Waals surface area contributed by atoms with Crippen LogP contribution in [-0.2, 0) is 19.4 Å². The Labute approximate surface area is 110 Å². The van der Waals surface area contributed by atoms with Gasteiger partial charge in [-0.1, -0.05) is 20.3 Å². The summed E-state index contributed by atoms with van der Waals surface area (Å²) >= 11 is 0. The van der Waals surface area contributed by atoms with Crippen molar-refractivity contribution >= 4 is 15.8 Å². The van der Waals surface area contributed by atoms with Gasteiger partial charge in [0.2, 0.25) is 0 Å². The minimum atomic E-state index is -3.03. The zero-order chi connectivity index (χ0) is 13.8. The van der Waals surface area contributed by atoms with E-state index in [-0.39, 0.29) is 29.3 Å². The highest BCUT2D eigenvalue weighted by Gasteiger charge is 2.47. The van der Waals surface area contributed by atoms with Crippen LogP contribution in [-0.4, -0.2) is 33.0 Å². The summed E-state index contributed by atoms with van der Waals surface area (Å²) in [5, 5.41) is 0. The lowest BCUT2D eigenvalue weighted by atomic mass is 10.1. The van der Waals surface area contributed by atoms with E-state index in [1.165, 1.54) is 7.11 Å². The Bertz CT molecular complexity index is 380. The molecule has 0 unspecified atom stereocenters. The number of ether oxygens (including phenoxy) is 1. The van der Waals surface area contributed by atoms with Gasteiger partial charge in [-0.05, 0) is 30.6 Å². The molecule has 0 N–H and O–H groups in total. The molecule has 5 heteroatoms. The summed E-state index contributed by atoms with van der Waals surface area (Å²) in [5.74, 6) is 0.622. The molecule has 0 aromatic heterocycles. The minimum absolute atomic E-state index is 0.146. The molecule has 1 saturated carbocycles. The number of carbonyl (C=O) groups is 1. The maximum absolute atomic E-state index is 12.0. The molecule has 0 radical (unpaired) electrons. The Hall–Kier alpha value is -0.580. The van der Waals surface area contributed by atoms with Crippen molar-refractivity contribution in [1.29, 1.82) is 0 Å². The van der Waals surface area contributed by atoms with Crippen LogP contribution >= 0.6 is 0 Å². The second kappa shape index (κ2) is 6.04. The summed E-state index contributed by atoms with van der Waals surface area (Å²) in [6.07, 6.45) is 3.54.